The summed E-state index contributed by atoms with van der Waals surface area (Å²) >= 11 is 0. The highest BCUT2D eigenvalue weighted by Gasteiger charge is 2.03. The van der Waals surface area contributed by atoms with Crippen LogP contribution in [0.2, 0.25) is 0 Å². The van der Waals surface area contributed by atoms with Crippen molar-refractivity contribution in [2.75, 3.05) is 0 Å². The minimum atomic E-state index is -1.11. The molecule has 1 rings (SSSR count). The first-order valence-electron chi connectivity index (χ1n) is 7.44. The lowest BCUT2D eigenvalue weighted by Gasteiger charge is -2.02. The molecule has 106 valence electrons. The second-order valence-electron chi connectivity index (χ2n) is 5.09. The molecule has 3 heteroatoms. The lowest BCUT2D eigenvalue weighted by atomic mass is 10.1. The predicted molar refractivity (Wildman–Crippen MR) is 73.6 cm³/mol. The van der Waals surface area contributed by atoms with Crippen molar-refractivity contribution in [2.45, 2.75) is 64.8 Å². The van der Waals surface area contributed by atoms with Crippen molar-refractivity contribution in [3.8, 4) is 0 Å². The molecule has 0 aliphatic rings. The van der Waals surface area contributed by atoms with E-state index in [9.17, 15) is 9.90 Å². The Balaban J connectivity index is 2.12. The molecule has 0 radical (unpaired) electrons. The number of nitrogens with zero attached hydrogens (tertiary/aromatic N) is 1. The van der Waals surface area contributed by atoms with Crippen molar-refractivity contribution in [1.29, 1.82) is 0 Å². The van der Waals surface area contributed by atoms with E-state index in [2.05, 4.69) is 6.92 Å². The van der Waals surface area contributed by atoms with Gasteiger partial charge in [0.2, 0.25) is 0 Å². The normalized spacial score (nSPS) is 10.6. The third-order valence-electron chi connectivity index (χ3n) is 3.36. The minimum absolute atomic E-state index is 0.252. The van der Waals surface area contributed by atoms with Crippen LogP contribution in [0.1, 0.15) is 68.6 Å². The summed E-state index contributed by atoms with van der Waals surface area (Å²) in [4.78, 5) is 10.7. The molecule has 1 aromatic rings. The van der Waals surface area contributed by atoms with E-state index in [0.717, 1.165) is 13.0 Å². The number of carboxylic acid groups (broad SMARTS) is 1. The number of unbranched alkanes of at least 4 members (excludes halogenated alkanes) is 7. The van der Waals surface area contributed by atoms with Gasteiger partial charge in [-0.25, -0.2) is 4.57 Å². The molecular weight excluding hydrogens is 238 g/mol. The zero-order chi connectivity index (χ0) is 13.9. The smallest absolute Gasteiger partial charge is 0.177 e. The van der Waals surface area contributed by atoms with Gasteiger partial charge in [0.15, 0.2) is 12.4 Å². The Morgan fingerprint density at radius 2 is 1.74 bits per heavy atom. The molecule has 0 aliphatic carbocycles. The molecule has 0 spiro atoms. The van der Waals surface area contributed by atoms with E-state index in [1.807, 2.05) is 10.8 Å². The Labute approximate surface area is 116 Å². The summed E-state index contributed by atoms with van der Waals surface area (Å²) in [7, 11) is 0. The summed E-state index contributed by atoms with van der Waals surface area (Å²) in [5.74, 6) is -1.11. The Bertz CT molecular complexity index is 377. The van der Waals surface area contributed by atoms with E-state index in [1.54, 1.807) is 18.3 Å². The summed E-state index contributed by atoms with van der Waals surface area (Å²) in [5.41, 5.74) is 0.252. The van der Waals surface area contributed by atoms with Gasteiger partial charge in [0.25, 0.3) is 0 Å². The molecule has 1 heterocycles. The Morgan fingerprint density at radius 3 is 2.37 bits per heavy atom. The Kier molecular flexibility index (Phi) is 7.87. The van der Waals surface area contributed by atoms with E-state index in [0.29, 0.717) is 0 Å². The van der Waals surface area contributed by atoms with Crippen LogP contribution in [0.15, 0.2) is 24.5 Å². The molecule has 3 nitrogen and oxygen atoms in total. The molecule has 0 N–H and O–H groups in total. The average Bonchev–Trinajstić information content (AvgIpc) is 2.42. The summed E-state index contributed by atoms with van der Waals surface area (Å²) in [6.07, 6.45) is 13.8. The zero-order valence-corrected chi connectivity index (χ0v) is 11.9. The van der Waals surface area contributed by atoms with Crippen LogP contribution < -0.4 is 9.67 Å². The van der Waals surface area contributed by atoms with Crippen LogP contribution in [-0.2, 0) is 6.54 Å². The van der Waals surface area contributed by atoms with Crippen LogP contribution in [0.25, 0.3) is 0 Å². The van der Waals surface area contributed by atoms with Gasteiger partial charge >= 0.3 is 0 Å². The van der Waals surface area contributed by atoms with Crippen molar-refractivity contribution >= 4 is 5.97 Å². The number of carbonyl (C=O) groups is 1. The van der Waals surface area contributed by atoms with E-state index < -0.39 is 5.97 Å². The summed E-state index contributed by atoms with van der Waals surface area (Å²) in [6, 6.07) is 3.33. The monoisotopic (exact) mass is 263 g/mol. The van der Waals surface area contributed by atoms with Crippen molar-refractivity contribution in [2.24, 2.45) is 0 Å². The molecule has 0 unspecified atom stereocenters. The van der Waals surface area contributed by atoms with Crippen LogP contribution in [0.3, 0.4) is 0 Å². The second kappa shape index (κ2) is 9.54. The van der Waals surface area contributed by atoms with E-state index in [4.69, 9.17) is 0 Å². The number of aryl methyl sites for hydroxylation is 1. The maximum atomic E-state index is 10.7. The predicted octanol–water partition coefficient (Wildman–Crippen LogP) is 2.48. The zero-order valence-electron chi connectivity index (χ0n) is 11.9. The van der Waals surface area contributed by atoms with Gasteiger partial charge in [0, 0.05) is 12.5 Å². The molecule has 19 heavy (non-hydrogen) atoms. The fraction of sp³-hybridized carbons (Fsp3) is 0.625. The van der Waals surface area contributed by atoms with Crippen molar-refractivity contribution in [1.82, 2.24) is 0 Å². The first-order chi connectivity index (χ1) is 9.24. The maximum absolute atomic E-state index is 10.7. The van der Waals surface area contributed by atoms with Gasteiger partial charge in [-0.3, -0.25) is 0 Å². The molecule has 0 saturated carbocycles. The first kappa shape index (κ1) is 15.7. The van der Waals surface area contributed by atoms with Gasteiger partial charge < -0.3 is 9.90 Å². The third-order valence-corrected chi connectivity index (χ3v) is 3.36. The number of hydrogen-bond donors (Lipinski definition) is 0. The molecule has 0 bridgehead atoms. The molecule has 0 amide bonds. The van der Waals surface area contributed by atoms with Crippen LogP contribution in [0, 0.1) is 0 Å². The molecule has 0 fully saturated rings. The highest BCUT2D eigenvalue weighted by Crippen LogP contribution is 2.08. The topological polar surface area (TPSA) is 44.0 Å². The SMILES string of the molecule is CCCCCCCCCC[n+]1cccc(C(=O)[O-])c1. The van der Waals surface area contributed by atoms with Crippen LogP contribution in [0.4, 0.5) is 0 Å². The summed E-state index contributed by atoms with van der Waals surface area (Å²) in [5, 5.41) is 10.7. The molecular formula is C16H25NO2. The number of aromatic nitrogens is 1. The number of carbonyl (C=O) groups excluding carboxylic acids is 1. The number of rotatable bonds is 10. The summed E-state index contributed by atoms with van der Waals surface area (Å²) < 4.78 is 1.93. The largest absolute Gasteiger partial charge is 0.545 e. The Morgan fingerprint density at radius 1 is 1.11 bits per heavy atom. The summed E-state index contributed by atoms with van der Waals surface area (Å²) in [6.45, 7) is 3.12. The minimum Gasteiger partial charge on any atom is -0.545 e. The van der Waals surface area contributed by atoms with Gasteiger partial charge in [0.1, 0.15) is 6.54 Å². The van der Waals surface area contributed by atoms with Gasteiger partial charge in [-0.15, -0.1) is 0 Å². The van der Waals surface area contributed by atoms with Crippen LogP contribution in [-0.4, -0.2) is 5.97 Å². The third kappa shape index (κ3) is 6.94. The number of hydrogen-bond acceptors (Lipinski definition) is 2. The van der Waals surface area contributed by atoms with Crippen molar-refractivity contribution in [3.63, 3.8) is 0 Å². The quantitative estimate of drug-likeness (QED) is 0.481. The second-order valence-corrected chi connectivity index (χ2v) is 5.09. The lowest BCUT2D eigenvalue weighted by molar-refractivity contribution is -0.697. The number of carboxylic acids is 1. The highest BCUT2D eigenvalue weighted by atomic mass is 16.4. The van der Waals surface area contributed by atoms with E-state index >= 15 is 0 Å². The fourth-order valence-electron chi connectivity index (χ4n) is 2.21. The van der Waals surface area contributed by atoms with E-state index in [-0.39, 0.29) is 5.56 Å². The standard InChI is InChI=1S/C16H25NO2/c1-2-3-4-5-6-7-8-9-12-17-13-10-11-15(14-17)16(18)19/h10-11,13-14H,2-9,12H2,1H3. The number of aromatic carboxylic acids is 1. The van der Waals surface area contributed by atoms with E-state index in [1.165, 1.54) is 44.9 Å². The van der Waals surface area contributed by atoms with Crippen molar-refractivity contribution < 1.29 is 14.5 Å². The van der Waals surface area contributed by atoms with Crippen molar-refractivity contribution in [3.05, 3.63) is 30.1 Å². The average molecular weight is 263 g/mol. The fourth-order valence-corrected chi connectivity index (χ4v) is 2.21. The highest BCUT2D eigenvalue weighted by molar-refractivity contribution is 5.84. The van der Waals surface area contributed by atoms with Gasteiger partial charge in [-0.05, 0) is 12.5 Å². The molecule has 0 aromatic carbocycles. The Hall–Kier alpha value is -1.38. The number of pyridine rings is 1. The van der Waals surface area contributed by atoms with Gasteiger partial charge in [-0.1, -0.05) is 45.4 Å². The van der Waals surface area contributed by atoms with Crippen LogP contribution in [0.5, 0.6) is 0 Å². The molecule has 0 atom stereocenters. The first-order valence-corrected chi connectivity index (χ1v) is 7.44. The van der Waals surface area contributed by atoms with Crippen LogP contribution >= 0.6 is 0 Å². The molecule has 1 aromatic heterocycles. The maximum Gasteiger partial charge on any atom is 0.177 e. The van der Waals surface area contributed by atoms with Gasteiger partial charge in [-0.2, -0.15) is 0 Å². The van der Waals surface area contributed by atoms with Gasteiger partial charge in [0.05, 0.1) is 11.5 Å². The molecule has 0 aliphatic heterocycles. The lowest BCUT2D eigenvalue weighted by Crippen LogP contribution is -2.35. The molecule has 0 saturated heterocycles.